The summed E-state index contributed by atoms with van der Waals surface area (Å²) in [6.45, 7) is 0. The second-order valence-corrected chi connectivity index (χ2v) is 4.84. The Morgan fingerprint density at radius 3 is 2.94 bits per heavy atom. The van der Waals surface area contributed by atoms with Gasteiger partial charge in [-0.15, -0.1) is 11.3 Å². The topological polar surface area (TPSA) is 77.8 Å². The molecule has 18 heavy (non-hydrogen) atoms. The molecule has 90 valence electrons. The van der Waals surface area contributed by atoms with Crippen LogP contribution in [0.1, 0.15) is 0 Å². The first-order valence-electron chi connectivity index (χ1n) is 5.02. The van der Waals surface area contributed by atoms with Crippen LogP contribution in [-0.4, -0.2) is 15.1 Å². The van der Waals surface area contributed by atoms with Gasteiger partial charge in [-0.1, -0.05) is 16.8 Å². The van der Waals surface area contributed by atoms with Crippen LogP contribution in [-0.2, 0) is 0 Å². The first-order chi connectivity index (χ1) is 8.74. The maximum atomic E-state index is 5.86. The van der Waals surface area contributed by atoms with Gasteiger partial charge in [0.2, 0.25) is 5.82 Å². The number of thiazole rings is 1. The van der Waals surface area contributed by atoms with Crippen LogP contribution in [0.3, 0.4) is 0 Å². The molecule has 0 atom stereocenters. The molecule has 0 radical (unpaired) electrons. The number of aromatic nitrogens is 3. The fraction of sp³-hybridized carbons (Fsp3) is 0. The lowest BCUT2D eigenvalue weighted by molar-refractivity contribution is 0.432. The Morgan fingerprint density at radius 1 is 1.33 bits per heavy atom. The third-order valence-corrected chi connectivity index (χ3v) is 3.33. The number of halogens is 1. The number of nitrogens with two attached hydrogens (primary N) is 1. The zero-order valence-corrected chi connectivity index (χ0v) is 10.6. The van der Waals surface area contributed by atoms with E-state index in [1.54, 1.807) is 29.9 Å². The summed E-state index contributed by atoms with van der Waals surface area (Å²) in [7, 11) is 0. The van der Waals surface area contributed by atoms with E-state index >= 15 is 0 Å². The number of benzene rings is 1. The van der Waals surface area contributed by atoms with Crippen molar-refractivity contribution in [3.05, 3.63) is 34.9 Å². The lowest BCUT2D eigenvalue weighted by Crippen LogP contribution is -1.89. The highest BCUT2D eigenvalue weighted by Gasteiger charge is 2.13. The standard InChI is InChI=1S/C11H7ClN4OS/c12-6-1-2-7(8(13)3-6)11-15-10(16-17-11)9-4-14-5-18-9/h1-5H,13H2. The SMILES string of the molecule is Nc1cc(Cl)ccc1-c1nc(-c2cncs2)no1. The normalized spacial score (nSPS) is 10.7. The van der Waals surface area contributed by atoms with Crippen LogP contribution >= 0.6 is 22.9 Å². The first kappa shape index (κ1) is 11.2. The molecule has 1 aromatic carbocycles. The highest BCUT2D eigenvalue weighted by molar-refractivity contribution is 7.13. The molecule has 0 aliphatic rings. The van der Waals surface area contributed by atoms with Gasteiger partial charge in [0.05, 0.1) is 16.0 Å². The van der Waals surface area contributed by atoms with E-state index in [2.05, 4.69) is 15.1 Å². The van der Waals surface area contributed by atoms with E-state index in [1.807, 2.05) is 0 Å². The average Bonchev–Trinajstić information content (AvgIpc) is 2.99. The van der Waals surface area contributed by atoms with Crippen molar-refractivity contribution in [2.24, 2.45) is 0 Å². The molecule has 3 rings (SSSR count). The third kappa shape index (κ3) is 1.96. The minimum absolute atomic E-state index is 0.368. The molecule has 0 spiro atoms. The van der Waals surface area contributed by atoms with Crippen molar-refractivity contribution in [1.29, 1.82) is 0 Å². The summed E-state index contributed by atoms with van der Waals surface area (Å²) >= 11 is 7.28. The first-order valence-corrected chi connectivity index (χ1v) is 6.28. The van der Waals surface area contributed by atoms with E-state index in [-0.39, 0.29) is 0 Å². The van der Waals surface area contributed by atoms with Crippen molar-refractivity contribution in [2.75, 3.05) is 5.73 Å². The van der Waals surface area contributed by atoms with Crippen molar-refractivity contribution in [3.63, 3.8) is 0 Å². The second-order valence-electron chi connectivity index (χ2n) is 3.52. The fourth-order valence-electron chi connectivity index (χ4n) is 1.49. The minimum Gasteiger partial charge on any atom is -0.398 e. The predicted molar refractivity (Wildman–Crippen MR) is 70.3 cm³/mol. The summed E-state index contributed by atoms with van der Waals surface area (Å²) in [4.78, 5) is 9.09. The van der Waals surface area contributed by atoms with Gasteiger partial charge in [0, 0.05) is 16.9 Å². The lowest BCUT2D eigenvalue weighted by atomic mass is 10.2. The van der Waals surface area contributed by atoms with Gasteiger partial charge in [0.15, 0.2) is 0 Å². The van der Waals surface area contributed by atoms with Crippen molar-refractivity contribution >= 4 is 28.6 Å². The molecule has 0 amide bonds. The van der Waals surface area contributed by atoms with E-state index in [0.717, 1.165) is 4.88 Å². The van der Waals surface area contributed by atoms with Crippen LogP contribution in [0.2, 0.25) is 5.02 Å². The summed E-state index contributed by atoms with van der Waals surface area (Å²) in [5, 5.41) is 4.46. The molecule has 0 saturated heterocycles. The van der Waals surface area contributed by atoms with Crippen LogP contribution in [0.5, 0.6) is 0 Å². The van der Waals surface area contributed by atoms with E-state index in [0.29, 0.717) is 28.0 Å². The Bertz CT molecular complexity index is 680. The highest BCUT2D eigenvalue weighted by atomic mass is 35.5. The Kier molecular flexibility index (Phi) is 2.73. The van der Waals surface area contributed by atoms with Crippen LogP contribution in [0.4, 0.5) is 5.69 Å². The van der Waals surface area contributed by atoms with Crippen molar-refractivity contribution in [2.45, 2.75) is 0 Å². The smallest absolute Gasteiger partial charge is 0.260 e. The van der Waals surface area contributed by atoms with Crippen LogP contribution < -0.4 is 5.73 Å². The van der Waals surface area contributed by atoms with Crippen LogP contribution in [0, 0.1) is 0 Å². The molecule has 0 aliphatic heterocycles. The van der Waals surface area contributed by atoms with Gasteiger partial charge in [0.25, 0.3) is 5.89 Å². The minimum atomic E-state index is 0.368. The summed E-state index contributed by atoms with van der Waals surface area (Å²) in [5.74, 6) is 0.870. The number of hydrogen-bond donors (Lipinski definition) is 1. The molecule has 7 heteroatoms. The Balaban J connectivity index is 2.03. The maximum absolute atomic E-state index is 5.86. The van der Waals surface area contributed by atoms with Gasteiger partial charge >= 0.3 is 0 Å². The molecule has 0 fully saturated rings. The average molecular weight is 279 g/mol. The molecule has 0 bridgehead atoms. The Morgan fingerprint density at radius 2 is 2.22 bits per heavy atom. The Labute approximate surface area is 111 Å². The molecule has 2 heterocycles. The summed E-state index contributed by atoms with van der Waals surface area (Å²) in [6, 6.07) is 5.12. The molecule has 2 aromatic heterocycles. The monoisotopic (exact) mass is 278 g/mol. The van der Waals surface area contributed by atoms with Gasteiger partial charge in [-0.05, 0) is 18.2 Å². The zero-order valence-electron chi connectivity index (χ0n) is 9.00. The lowest BCUT2D eigenvalue weighted by Gasteiger charge is -1.99. The fourth-order valence-corrected chi connectivity index (χ4v) is 2.21. The van der Waals surface area contributed by atoms with E-state index in [4.69, 9.17) is 21.9 Å². The van der Waals surface area contributed by atoms with Gasteiger partial charge in [-0.3, -0.25) is 4.98 Å². The zero-order chi connectivity index (χ0) is 12.5. The summed E-state index contributed by atoms with van der Waals surface area (Å²) in [5.41, 5.74) is 8.74. The molecule has 0 unspecified atom stereocenters. The van der Waals surface area contributed by atoms with Gasteiger partial charge in [-0.2, -0.15) is 4.98 Å². The van der Waals surface area contributed by atoms with Gasteiger partial charge < -0.3 is 10.3 Å². The predicted octanol–water partition coefficient (Wildman–Crippen LogP) is 3.10. The summed E-state index contributed by atoms with van der Waals surface area (Å²) < 4.78 is 5.19. The molecule has 3 aromatic rings. The maximum Gasteiger partial charge on any atom is 0.260 e. The number of rotatable bonds is 2. The number of hydrogen-bond acceptors (Lipinski definition) is 6. The van der Waals surface area contributed by atoms with Crippen molar-refractivity contribution in [1.82, 2.24) is 15.1 Å². The van der Waals surface area contributed by atoms with E-state index in [9.17, 15) is 0 Å². The number of nitrogen functional groups attached to an aromatic ring is 1. The quantitative estimate of drug-likeness (QED) is 0.729. The van der Waals surface area contributed by atoms with Gasteiger partial charge in [-0.25, -0.2) is 0 Å². The molecular weight excluding hydrogens is 272 g/mol. The Hall–Kier alpha value is -1.92. The van der Waals surface area contributed by atoms with Crippen molar-refractivity contribution in [3.8, 4) is 22.2 Å². The van der Waals surface area contributed by atoms with Crippen molar-refractivity contribution < 1.29 is 4.52 Å². The molecule has 0 aliphatic carbocycles. The van der Waals surface area contributed by atoms with Crippen LogP contribution in [0.25, 0.3) is 22.2 Å². The molecular formula is C11H7ClN4OS. The highest BCUT2D eigenvalue weighted by Crippen LogP contribution is 2.29. The number of anilines is 1. The third-order valence-electron chi connectivity index (χ3n) is 2.32. The molecule has 0 saturated carbocycles. The number of nitrogens with zero attached hydrogens (tertiary/aromatic N) is 3. The van der Waals surface area contributed by atoms with Gasteiger partial charge in [0.1, 0.15) is 0 Å². The van der Waals surface area contributed by atoms with Crippen LogP contribution in [0.15, 0.2) is 34.4 Å². The second kappa shape index (κ2) is 4.40. The molecule has 2 N–H and O–H groups in total. The van der Waals surface area contributed by atoms with E-state index < -0.39 is 0 Å². The summed E-state index contributed by atoms with van der Waals surface area (Å²) in [6.07, 6.45) is 1.69. The molecule has 5 nitrogen and oxygen atoms in total. The van der Waals surface area contributed by atoms with E-state index in [1.165, 1.54) is 11.3 Å². The largest absolute Gasteiger partial charge is 0.398 e.